The topological polar surface area (TPSA) is 43.8 Å². The molecule has 3 nitrogen and oxygen atoms in total. The zero-order valence-electron chi connectivity index (χ0n) is 9.80. The number of imidazole rings is 1. The van der Waals surface area contributed by atoms with Gasteiger partial charge in [-0.25, -0.2) is 4.98 Å². The first kappa shape index (κ1) is 11.3. The Kier molecular flexibility index (Phi) is 3.15. The molecule has 0 spiro atoms. The van der Waals surface area contributed by atoms with Crippen molar-refractivity contribution in [2.45, 2.75) is 19.4 Å². The number of terminal acetylenes is 1. The first-order chi connectivity index (χ1) is 8.24. The van der Waals surface area contributed by atoms with Gasteiger partial charge in [0.25, 0.3) is 0 Å². The van der Waals surface area contributed by atoms with E-state index in [1.807, 2.05) is 18.2 Å². The maximum atomic E-state index is 6.03. The van der Waals surface area contributed by atoms with Crippen LogP contribution in [0.1, 0.15) is 24.1 Å². The number of aromatic nitrogens is 2. The van der Waals surface area contributed by atoms with E-state index in [4.69, 9.17) is 12.2 Å². The molecule has 0 aliphatic carbocycles. The zero-order valence-corrected chi connectivity index (χ0v) is 9.80. The maximum Gasteiger partial charge on any atom is 0.128 e. The van der Waals surface area contributed by atoms with Crippen LogP contribution in [-0.2, 0) is 6.54 Å². The van der Waals surface area contributed by atoms with Gasteiger partial charge in [0.05, 0.1) is 18.6 Å². The van der Waals surface area contributed by atoms with Crippen LogP contribution in [0.5, 0.6) is 0 Å². The Morgan fingerprint density at radius 2 is 2.12 bits per heavy atom. The highest BCUT2D eigenvalue weighted by Gasteiger charge is 2.15. The molecule has 17 heavy (non-hydrogen) atoms. The van der Waals surface area contributed by atoms with E-state index < -0.39 is 0 Å². The van der Waals surface area contributed by atoms with Crippen LogP contribution in [0.2, 0.25) is 0 Å². The first-order valence-corrected chi connectivity index (χ1v) is 5.53. The van der Waals surface area contributed by atoms with Crippen molar-refractivity contribution in [2.24, 2.45) is 0 Å². The third-order valence-electron chi connectivity index (χ3n) is 2.88. The number of hydrogen-bond donors (Lipinski definition) is 1. The molecular weight excluding hydrogens is 210 g/mol. The van der Waals surface area contributed by atoms with Crippen molar-refractivity contribution in [3.63, 3.8) is 0 Å². The number of anilines is 1. The molecule has 0 saturated heterocycles. The summed E-state index contributed by atoms with van der Waals surface area (Å²) >= 11 is 0. The van der Waals surface area contributed by atoms with Gasteiger partial charge in [-0.1, -0.05) is 43.2 Å². The minimum Gasteiger partial charge on any atom is -0.384 e. The Labute approximate surface area is 101 Å². The van der Waals surface area contributed by atoms with Crippen molar-refractivity contribution < 1.29 is 0 Å². The monoisotopic (exact) mass is 225 g/mol. The summed E-state index contributed by atoms with van der Waals surface area (Å²) in [4.78, 5) is 4.35. The van der Waals surface area contributed by atoms with E-state index in [0.29, 0.717) is 12.4 Å². The second-order valence-corrected chi connectivity index (χ2v) is 3.98. The fraction of sp³-hybridized carbons (Fsp3) is 0.214. The summed E-state index contributed by atoms with van der Waals surface area (Å²) in [5.74, 6) is 3.39. The third-order valence-corrected chi connectivity index (χ3v) is 2.88. The van der Waals surface area contributed by atoms with Crippen molar-refractivity contribution >= 4 is 5.82 Å². The molecule has 0 radical (unpaired) electrons. The van der Waals surface area contributed by atoms with Crippen LogP contribution in [0.15, 0.2) is 36.7 Å². The van der Waals surface area contributed by atoms with Gasteiger partial charge < -0.3 is 10.3 Å². The molecule has 0 aliphatic rings. The van der Waals surface area contributed by atoms with E-state index in [1.54, 1.807) is 10.9 Å². The standard InChI is InChI=1S/C14H15N3/c1-3-9-17-10-16-13(14(17)15)11(2)12-7-5-4-6-8-12/h1,4-8,10-11H,9,15H2,2H3. The smallest absolute Gasteiger partial charge is 0.128 e. The molecule has 0 saturated carbocycles. The summed E-state index contributed by atoms with van der Waals surface area (Å²) in [6.45, 7) is 2.55. The van der Waals surface area contributed by atoms with Gasteiger partial charge in [-0.2, -0.15) is 0 Å². The molecule has 0 amide bonds. The van der Waals surface area contributed by atoms with Crippen LogP contribution >= 0.6 is 0 Å². The molecule has 3 heteroatoms. The van der Waals surface area contributed by atoms with E-state index in [-0.39, 0.29) is 5.92 Å². The molecule has 2 aromatic rings. The van der Waals surface area contributed by atoms with Gasteiger partial charge in [0.15, 0.2) is 0 Å². The van der Waals surface area contributed by atoms with Crippen molar-refractivity contribution in [1.82, 2.24) is 9.55 Å². The SMILES string of the molecule is C#CCn1cnc(C(C)c2ccccc2)c1N. The molecule has 1 heterocycles. The zero-order chi connectivity index (χ0) is 12.3. The maximum absolute atomic E-state index is 6.03. The highest BCUT2D eigenvalue weighted by Crippen LogP contribution is 2.26. The van der Waals surface area contributed by atoms with Crippen molar-refractivity contribution in [3.8, 4) is 12.3 Å². The van der Waals surface area contributed by atoms with Gasteiger partial charge in [-0.15, -0.1) is 6.42 Å². The number of benzene rings is 1. The predicted molar refractivity (Wildman–Crippen MR) is 69.4 cm³/mol. The Morgan fingerprint density at radius 3 is 2.76 bits per heavy atom. The molecule has 86 valence electrons. The Morgan fingerprint density at radius 1 is 1.41 bits per heavy atom. The number of nitrogens with two attached hydrogens (primary N) is 1. The number of nitrogens with zero attached hydrogens (tertiary/aromatic N) is 2. The van der Waals surface area contributed by atoms with Crippen molar-refractivity contribution in [2.75, 3.05) is 5.73 Å². The summed E-state index contributed by atoms with van der Waals surface area (Å²) in [5, 5.41) is 0. The minimum absolute atomic E-state index is 0.176. The van der Waals surface area contributed by atoms with Gasteiger partial charge in [-0.3, -0.25) is 0 Å². The molecule has 1 aromatic heterocycles. The van der Waals surface area contributed by atoms with Crippen LogP contribution in [0.4, 0.5) is 5.82 Å². The molecule has 2 rings (SSSR count). The Balaban J connectivity index is 2.32. The fourth-order valence-corrected chi connectivity index (χ4v) is 1.86. The number of hydrogen-bond acceptors (Lipinski definition) is 2. The Bertz CT molecular complexity index is 534. The highest BCUT2D eigenvalue weighted by atomic mass is 15.1. The summed E-state index contributed by atoms with van der Waals surface area (Å²) < 4.78 is 1.79. The van der Waals surface area contributed by atoms with Crippen LogP contribution in [0, 0.1) is 12.3 Å². The molecular formula is C14H15N3. The number of nitrogen functional groups attached to an aromatic ring is 1. The van der Waals surface area contributed by atoms with Crippen LogP contribution < -0.4 is 5.73 Å². The fourth-order valence-electron chi connectivity index (χ4n) is 1.86. The molecule has 0 bridgehead atoms. The van der Waals surface area contributed by atoms with E-state index in [1.165, 1.54) is 5.56 Å². The lowest BCUT2D eigenvalue weighted by Crippen LogP contribution is -2.05. The van der Waals surface area contributed by atoms with Crippen LogP contribution in [0.3, 0.4) is 0 Å². The van der Waals surface area contributed by atoms with Crippen molar-refractivity contribution in [3.05, 3.63) is 47.9 Å². The summed E-state index contributed by atoms with van der Waals surface area (Å²) in [6, 6.07) is 10.2. The molecule has 2 N–H and O–H groups in total. The first-order valence-electron chi connectivity index (χ1n) is 5.53. The van der Waals surface area contributed by atoms with E-state index in [2.05, 4.69) is 30.0 Å². The lowest BCUT2D eigenvalue weighted by molar-refractivity contribution is 0.848. The van der Waals surface area contributed by atoms with Crippen molar-refractivity contribution in [1.29, 1.82) is 0 Å². The average molecular weight is 225 g/mol. The quantitative estimate of drug-likeness (QED) is 0.814. The van der Waals surface area contributed by atoms with Gasteiger partial charge >= 0.3 is 0 Å². The largest absolute Gasteiger partial charge is 0.384 e. The molecule has 1 atom stereocenters. The van der Waals surface area contributed by atoms with E-state index >= 15 is 0 Å². The summed E-state index contributed by atoms with van der Waals surface area (Å²) in [7, 11) is 0. The van der Waals surface area contributed by atoms with Gasteiger partial charge in [0, 0.05) is 5.92 Å². The molecule has 1 unspecified atom stereocenters. The molecule has 0 fully saturated rings. The lowest BCUT2D eigenvalue weighted by Gasteiger charge is -2.10. The van der Waals surface area contributed by atoms with E-state index in [9.17, 15) is 0 Å². The second kappa shape index (κ2) is 4.75. The highest BCUT2D eigenvalue weighted by molar-refractivity contribution is 5.43. The second-order valence-electron chi connectivity index (χ2n) is 3.98. The number of rotatable bonds is 3. The van der Waals surface area contributed by atoms with Gasteiger partial charge in [0.2, 0.25) is 0 Å². The van der Waals surface area contributed by atoms with Crippen LogP contribution in [-0.4, -0.2) is 9.55 Å². The Hall–Kier alpha value is -2.21. The average Bonchev–Trinajstić information content (AvgIpc) is 2.72. The molecule has 0 aliphatic heterocycles. The summed E-state index contributed by atoms with van der Waals surface area (Å²) in [6.07, 6.45) is 6.97. The third kappa shape index (κ3) is 2.16. The van der Waals surface area contributed by atoms with Gasteiger partial charge in [-0.05, 0) is 5.56 Å². The van der Waals surface area contributed by atoms with E-state index in [0.717, 1.165) is 5.69 Å². The van der Waals surface area contributed by atoms with Crippen LogP contribution in [0.25, 0.3) is 0 Å². The normalized spacial score (nSPS) is 12.0. The lowest BCUT2D eigenvalue weighted by atomic mass is 9.98. The van der Waals surface area contributed by atoms with Gasteiger partial charge in [0.1, 0.15) is 5.82 Å². The summed E-state index contributed by atoms with van der Waals surface area (Å²) in [5.41, 5.74) is 8.11. The predicted octanol–water partition coefficient (Wildman–Crippen LogP) is 2.25. The molecule has 1 aromatic carbocycles. The minimum atomic E-state index is 0.176.